The van der Waals surface area contributed by atoms with Crippen molar-refractivity contribution in [2.75, 3.05) is 19.8 Å². The highest BCUT2D eigenvalue weighted by Gasteiger charge is 2.61. The molecule has 4 rings (SSSR count). The molecule has 0 bridgehead atoms. The molecule has 28 heavy (non-hydrogen) atoms. The summed E-state index contributed by atoms with van der Waals surface area (Å²) in [4.78, 5) is 12.7. The van der Waals surface area contributed by atoms with E-state index in [-0.39, 0.29) is 5.41 Å². The Labute approximate surface area is 172 Å². The quantitative estimate of drug-likeness (QED) is 0.587. The van der Waals surface area contributed by atoms with Crippen LogP contribution in [0.25, 0.3) is 0 Å². The maximum atomic E-state index is 12.7. The number of carbonyl (C=O) groups is 1. The van der Waals surface area contributed by atoms with Crippen LogP contribution in [0, 0.1) is 40.4 Å². The lowest BCUT2D eigenvalue weighted by atomic mass is 9.44. The Morgan fingerprint density at radius 2 is 1.89 bits per heavy atom. The first-order chi connectivity index (χ1) is 13.4. The molecule has 0 aliphatic heterocycles. The van der Waals surface area contributed by atoms with Gasteiger partial charge in [-0.25, -0.2) is 0 Å². The molecule has 0 amide bonds. The molecule has 4 saturated carbocycles. The molecule has 0 saturated heterocycles. The van der Waals surface area contributed by atoms with E-state index in [4.69, 9.17) is 9.47 Å². The maximum Gasteiger partial charge on any atom is 0.139 e. The zero-order chi connectivity index (χ0) is 19.9. The zero-order valence-corrected chi connectivity index (χ0v) is 18.7. The Morgan fingerprint density at radius 3 is 2.64 bits per heavy atom. The van der Waals surface area contributed by atoms with Crippen molar-refractivity contribution in [2.24, 2.45) is 40.4 Å². The van der Waals surface area contributed by atoms with Gasteiger partial charge >= 0.3 is 0 Å². The van der Waals surface area contributed by atoms with Gasteiger partial charge in [0.25, 0.3) is 0 Å². The minimum Gasteiger partial charge on any atom is -0.381 e. The van der Waals surface area contributed by atoms with Gasteiger partial charge in [0.15, 0.2) is 0 Å². The van der Waals surface area contributed by atoms with Crippen LogP contribution in [0.1, 0.15) is 85.5 Å². The second kappa shape index (κ2) is 8.02. The Balaban J connectivity index is 1.58. The smallest absolute Gasteiger partial charge is 0.139 e. The first kappa shape index (κ1) is 20.8. The summed E-state index contributed by atoms with van der Waals surface area (Å²) < 4.78 is 12.2. The van der Waals surface area contributed by atoms with Crippen molar-refractivity contribution < 1.29 is 14.3 Å². The Hall–Kier alpha value is -0.410. The van der Waals surface area contributed by atoms with E-state index in [2.05, 4.69) is 27.7 Å². The highest BCUT2D eigenvalue weighted by molar-refractivity contribution is 5.87. The summed E-state index contributed by atoms with van der Waals surface area (Å²) in [5, 5.41) is 0. The molecule has 0 aromatic heterocycles. The number of Topliss-reactive ketones (excluding diaryl/α,β-unsaturated/α-hetero) is 1. The maximum absolute atomic E-state index is 12.7. The highest BCUT2D eigenvalue weighted by Crippen LogP contribution is 2.66. The number of ether oxygens (including phenoxy) is 2. The van der Waals surface area contributed by atoms with Crippen molar-refractivity contribution in [3.05, 3.63) is 0 Å². The van der Waals surface area contributed by atoms with Gasteiger partial charge in [-0.2, -0.15) is 0 Å². The van der Waals surface area contributed by atoms with E-state index < -0.39 is 0 Å². The lowest BCUT2D eigenvalue weighted by Gasteiger charge is -2.61. The van der Waals surface area contributed by atoms with Crippen LogP contribution in [0.4, 0.5) is 0 Å². The molecular weight excluding hydrogens is 348 g/mol. The van der Waals surface area contributed by atoms with Gasteiger partial charge in [0, 0.05) is 25.0 Å². The van der Waals surface area contributed by atoms with Crippen molar-refractivity contribution in [3.63, 3.8) is 0 Å². The van der Waals surface area contributed by atoms with Crippen LogP contribution in [-0.2, 0) is 14.3 Å². The normalized spacial score (nSPS) is 45.6. The molecule has 0 aromatic rings. The fourth-order valence-electron chi connectivity index (χ4n) is 7.95. The van der Waals surface area contributed by atoms with Gasteiger partial charge in [-0.15, -0.1) is 0 Å². The van der Waals surface area contributed by atoms with E-state index in [0.29, 0.717) is 23.2 Å². The summed E-state index contributed by atoms with van der Waals surface area (Å²) >= 11 is 0. The van der Waals surface area contributed by atoms with Crippen LogP contribution in [0.15, 0.2) is 0 Å². The van der Waals surface area contributed by atoms with Gasteiger partial charge in [-0.3, -0.25) is 4.79 Å². The van der Waals surface area contributed by atoms with E-state index in [0.717, 1.165) is 62.8 Å². The van der Waals surface area contributed by atoms with Crippen LogP contribution >= 0.6 is 0 Å². The summed E-state index contributed by atoms with van der Waals surface area (Å²) in [5.41, 5.74) is 0.336. The van der Waals surface area contributed by atoms with Gasteiger partial charge in [0.1, 0.15) is 5.78 Å². The van der Waals surface area contributed by atoms with Crippen molar-refractivity contribution in [2.45, 2.75) is 91.6 Å². The third kappa shape index (κ3) is 3.39. The van der Waals surface area contributed by atoms with E-state index in [1.165, 1.54) is 38.5 Å². The summed E-state index contributed by atoms with van der Waals surface area (Å²) in [7, 11) is 0. The Bertz CT molecular complexity index is 572. The fourth-order valence-corrected chi connectivity index (χ4v) is 7.95. The largest absolute Gasteiger partial charge is 0.381 e. The monoisotopic (exact) mass is 390 g/mol. The van der Waals surface area contributed by atoms with Crippen LogP contribution in [0.2, 0.25) is 0 Å². The second-order valence-corrected chi connectivity index (χ2v) is 11.0. The van der Waals surface area contributed by atoms with Gasteiger partial charge in [-0.05, 0) is 107 Å². The third-order valence-corrected chi connectivity index (χ3v) is 9.43. The topological polar surface area (TPSA) is 35.5 Å². The minimum absolute atomic E-state index is 0.0136. The summed E-state index contributed by atoms with van der Waals surface area (Å²) in [5.74, 6) is 4.23. The molecule has 0 aromatic carbocycles. The number of fused-ring (bicyclic) bond motifs is 5. The third-order valence-electron chi connectivity index (χ3n) is 9.43. The van der Waals surface area contributed by atoms with Gasteiger partial charge in [0.2, 0.25) is 0 Å². The van der Waals surface area contributed by atoms with Gasteiger partial charge in [-0.1, -0.05) is 6.92 Å². The van der Waals surface area contributed by atoms with E-state index in [1.54, 1.807) is 0 Å². The SMILES string of the molecule is CCOCC1CCC2(COC(C)C)C(CCC3C4CCC(=O)C4(C)CCC32)C1. The highest BCUT2D eigenvalue weighted by atomic mass is 16.5. The Morgan fingerprint density at radius 1 is 1.07 bits per heavy atom. The fraction of sp³-hybridized carbons (Fsp3) is 0.960. The molecule has 7 unspecified atom stereocenters. The predicted molar refractivity (Wildman–Crippen MR) is 112 cm³/mol. The molecule has 160 valence electrons. The number of ketones is 1. The summed E-state index contributed by atoms with van der Waals surface area (Å²) in [6, 6.07) is 0. The van der Waals surface area contributed by atoms with E-state index in [1.807, 2.05) is 0 Å². The van der Waals surface area contributed by atoms with E-state index >= 15 is 0 Å². The summed E-state index contributed by atoms with van der Waals surface area (Å²) in [6.07, 6.45) is 11.3. The first-order valence-electron chi connectivity index (χ1n) is 12.1. The molecule has 0 spiro atoms. The molecule has 4 fully saturated rings. The predicted octanol–water partition coefficient (Wildman–Crippen LogP) is 5.66. The molecule has 4 aliphatic rings. The molecule has 3 nitrogen and oxygen atoms in total. The van der Waals surface area contributed by atoms with Gasteiger partial charge < -0.3 is 9.47 Å². The molecule has 7 atom stereocenters. The molecular formula is C25H42O3. The number of hydrogen-bond donors (Lipinski definition) is 0. The number of rotatable bonds is 6. The van der Waals surface area contributed by atoms with Crippen molar-refractivity contribution in [3.8, 4) is 0 Å². The van der Waals surface area contributed by atoms with Crippen molar-refractivity contribution >= 4 is 5.78 Å². The van der Waals surface area contributed by atoms with Crippen LogP contribution in [0.5, 0.6) is 0 Å². The van der Waals surface area contributed by atoms with Crippen molar-refractivity contribution in [1.82, 2.24) is 0 Å². The Kier molecular flexibility index (Phi) is 5.97. The lowest BCUT2D eigenvalue weighted by Crippen LogP contribution is -2.56. The standard InChI is InChI=1S/C25H42O3/c1-5-27-15-18-10-13-25(16-28-17(2)3)19(14-18)6-7-20-21-8-9-23(26)24(21,4)12-11-22(20)25/h17-22H,5-16H2,1-4H3. The average Bonchev–Trinajstić information content (AvgIpc) is 2.99. The number of carbonyl (C=O) groups excluding carboxylic acids is 1. The van der Waals surface area contributed by atoms with E-state index in [9.17, 15) is 4.79 Å². The van der Waals surface area contributed by atoms with Crippen molar-refractivity contribution in [1.29, 1.82) is 0 Å². The lowest BCUT2D eigenvalue weighted by molar-refractivity contribution is -0.165. The summed E-state index contributed by atoms with van der Waals surface area (Å²) in [6.45, 7) is 11.5. The van der Waals surface area contributed by atoms with Crippen LogP contribution in [0.3, 0.4) is 0 Å². The molecule has 3 heteroatoms. The zero-order valence-electron chi connectivity index (χ0n) is 18.7. The number of hydrogen-bond acceptors (Lipinski definition) is 3. The van der Waals surface area contributed by atoms with Crippen LogP contribution < -0.4 is 0 Å². The van der Waals surface area contributed by atoms with Gasteiger partial charge in [0.05, 0.1) is 12.7 Å². The molecule has 0 heterocycles. The van der Waals surface area contributed by atoms with Crippen LogP contribution in [-0.4, -0.2) is 31.7 Å². The second-order valence-electron chi connectivity index (χ2n) is 11.0. The molecule has 0 N–H and O–H groups in total. The molecule has 0 radical (unpaired) electrons. The molecule has 4 aliphatic carbocycles. The average molecular weight is 391 g/mol. The minimum atomic E-state index is -0.0136. The first-order valence-corrected chi connectivity index (χ1v) is 12.1.